The topological polar surface area (TPSA) is 126 Å². The molecule has 0 amide bonds. The number of carbonyl (C=O) groups is 1. The fourth-order valence-corrected chi connectivity index (χ4v) is 8.24. The summed E-state index contributed by atoms with van der Waals surface area (Å²) in [6, 6.07) is 33.6. The van der Waals surface area contributed by atoms with Crippen LogP contribution < -0.4 is 5.43 Å². The second-order valence-electron chi connectivity index (χ2n) is 15.8. The Morgan fingerprint density at radius 2 is 1.16 bits per heavy atom. The standard InChI is InChI=1S/C50H44Cl2N6O4/c1-32(2)22-45(59)33-12-11-13-34(23-33)46-39-24-43(51)47(60)41(30-57(26-35-14-3-7-18-53-35)27-36-15-4-8-19-54-36)49(39)62-50-40(46)25-44(52)48(61)42(50)31-58(28-37-16-5-9-20-55-37)29-38-17-6-10-21-56-38/h3-21,23-25,32,60H,22,26-31H2,1-2H3. The monoisotopic (exact) mass is 862 g/mol. The first-order chi connectivity index (χ1) is 30.1. The highest BCUT2D eigenvalue weighted by molar-refractivity contribution is 6.33. The molecule has 4 aromatic heterocycles. The first kappa shape index (κ1) is 42.4. The molecule has 1 aliphatic carbocycles. The number of carbonyl (C=O) groups excluding carboxylic acids is 1. The van der Waals surface area contributed by atoms with Gasteiger partial charge in [0.1, 0.15) is 17.1 Å². The first-order valence-corrected chi connectivity index (χ1v) is 21.2. The Kier molecular flexibility index (Phi) is 13.1. The van der Waals surface area contributed by atoms with Crippen molar-refractivity contribution in [3.8, 4) is 28.2 Å². The summed E-state index contributed by atoms with van der Waals surface area (Å²) in [4.78, 5) is 50.5. The van der Waals surface area contributed by atoms with Crippen LogP contribution in [-0.2, 0) is 39.3 Å². The van der Waals surface area contributed by atoms with E-state index in [-0.39, 0.29) is 46.3 Å². The van der Waals surface area contributed by atoms with Crippen LogP contribution in [0, 0.1) is 5.92 Å². The van der Waals surface area contributed by atoms with Gasteiger partial charge in [0.15, 0.2) is 5.78 Å². The molecule has 312 valence electrons. The molecule has 0 saturated carbocycles. The van der Waals surface area contributed by atoms with Crippen molar-refractivity contribution >= 4 is 40.0 Å². The highest BCUT2D eigenvalue weighted by atomic mass is 35.5. The van der Waals surface area contributed by atoms with Gasteiger partial charge in [-0.25, -0.2) is 0 Å². The van der Waals surface area contributed by atoms with Crippen LogP contribution in [0.4, 0.5) is 0 Å². The molecular formula is C50H44Cl2N6O4. The summed E-state index contributed by atoms with van der Waals surface area (Å²) < 4.78 is 7.02. The number of rotatable bonds is 16. The summed E-state index contributed by atoms with van der Waals surface area (Å²) >= 11 is 13.9. The fraction of sp³-hybridized carbons (Fsp3) is 0.200. The lowest BCUT2D eigenvalue weighted by Crippen LogP contribution is -2.27. The van der Waals surface area contributed by atoms with Crippen molar-refractivity contribution < 1.29 is 14.3 Å². The maximum absolute atomic E-state index is 14.5. The second kappa shape index (κ2) is 19.2. The average molecular weight is 864 g/mol. The number of ketones is 1. The van der Waals surface area contributed by atoms with Crippen LogP contribution >= 0.6 is 23.2 Å². The Morgan fingerprint density at radius 3 is 1.65 bits per heavy atom. The normalized spacial score (nSPS) is 11.7. The molecule has 2 aliphatic rings. The van der Waals surface area contributed by atoms with E-state index in [1.807, 2.05) is 111 Å². The van der Waals surface area contributed by atoms with Crippen LogP contribution in [0.2, 0.25) is 10.0 Å². The van der Waals surface area contributed by atoms with Gasteiger partial charge in [-0.3, -0.25) is 39.3 Å². The lowest BCUT2D eigenvalue weighted by Gasteiger charge is -2.26. The van der Waals surface area contributed by atoms with Crippen LogP contribution in [0.25, 0.3) is 33.4 Å². The molecule has 0 unspecified atom stereocenters. The van der Waals surface area contributed by atoms with Gasteiger partial charge in [-0.15, -0.1) is 0 Å². The van der Waals surface area contributed by atoms with Crippen molar-refractivity contribution in [3.63, 3.8) is 0 Å². The molecule has 10 nitrogen and oxygen atoms in total. The van der Waals surface area contributed by atoms with Crippen LogP contribution in [0.15, 0.2) is 143 Å². The third kappa shape index (κ3) is 9.75. The van der Waals surface area contributed by atoms with E-state index in [9.17, 15) is 14.7 Å². The molecule has 0 fully saturated rings. The number of nitrogens with zero attached hydrogens (tertiary/aromatic N) is 6. The summed E-state index contributed by atoms with van der Waals surface area (Å²) in [6.07, 6.45) is 7.33. The number of aromatic hydroxyl groups is 1. The van der Waals surface area contributed by atoms with E-state index in [4.69, 9.17) is 27.6 Å². The summed E-state index contributed by atoms with van der Waals surface area (Å²) in [6.45, 7) is 5.90. The van der Waals surface area contributed by atoms with Crippen molar-refractivity contribution in [2.75, 3.05) is 0 Å². The van der Waals surface area contributed by atoms with E-state index in [2.05, 4.69) is 29.7 Å². The van der Waals surface area contributed by atoms with Crippen molar-refractivity contribution in [1.29, 1.82) is 0 Å². The SMILES string of the molecule is CC(C)CC(=O)c1cccc(-c2c3cc(Cl)c(=O)c(CN(Cc4ccccn4)Cc4ccccn4)c-3oc3c(CN(Cc4ccccn4)Cc4ccccn4)c(O)c(Cl)cc23)c1. The predicted octanol–water partition coefficient (Wildman–Crippen LogP) is 10.8. The molecule has 12 heteroatoms. The molecule has 0 radical (unpaired) electrons. The number of benzene rings is 3. The Bertz CT molecular complexity index is 2760. The van der Waals surface area contributed by atoms with Crippen LogP contribution in [-0.4, -0.2) is 40.6 Å². The zero-order chi connectivity index (χ0) is 43.2. The van der Waals surface area contributed by atoms with Gasteiger partial charge < -0.3 is 9.52 Å². The van der Waals surface area contributed by atoms with Gasteiger partial charge in [-0.2, -0.15) is 0 Å². The number of fused-ring (bicyclic) bond motifs is 2. The zero-order valence-corrected chi connectivity index (χ0v) is 35.9. The van der Waals surface area contributed by atoms with Crippen LogP contribution in [0.1, 0.15) is 64.5 Å². The van der Waals surface area contributed by atoms with Gasteiger partial charge in [0.25, 0.3) is 0 Å². The number of aromatic nitrogens is 4. The van der Waals surface area contributed by atoms with Crippen LogP contribution in [0.5, 0.6) is 5.75 Å². The molecule has 1 aliphatic heterocycles. The van der Waals surface area contributed by atoms with Gasteiger partial charge >= 0.3 is 0 Å². The van der Waals surface area contributed by atoms with E-state index in [1.165, 1.54) is 0 Å². The molecule has 0 saturated heterocycles. The quantitative estimate of drug-likeness (QED) is 0.0741. The lowest BCUT2D eigenvalue weighted by atomic mass is 9.89. The number of Topliss-reactive ketones (excluding diaryl/α,β-unsaturated/α-hetero) is 1. The number of pyridine rings is 4. The number of phenolic OH excluding ortho intramolecular Hbond substituents is 1. The predicted molar refractivity (Wildman–Crippen MR) is 243 cm³/mol. The smallest absolute Gasteiger partial charge is 0.205 e. The third-order valence-corrected chi connectivity index (χ3v) is 11.2. The molecule has 8 rings (SSSR count). The maximum atomic E-state index is 14.5. The largest absolute Gasteiger partial charge is 0.506 e. The Balaban J connectivity index is 1.36. The molecule has 1 N–H and O–H groups in total. The highest BCUT2D eigenvalue weighted by Gasteiger charge is 2.29. The number of halogens is 2. The molecule has 62 heavy (non-hydrogen) atoms. The van der Waals surface area contributed by atoms with Gasteiger partial charge in [0.2, 0.25) is 5.43 Å². The highest BCUT2D eigenvalue weighted by Crippen LogP contribution is 2.47. The minimum Gasteiger partial charge on any atom is -0.506 e. The Morgan fingerprint density at radius 1 is 0.645 bits per heavy atom. The molecule has 0 atom stereocenters. The minimum absolute atomic E-state index is 0.00683. The lowest BCUT2D eigenvalue weighted by molar-refractivity contribution is 0.0968. The molecule has 0 spiro atoms. The third-order valence-electron chi connectivity index (χ3n) is 10.6. The van der Waals surface area contributed by atoms with Crippen molar-refractivity contribution in [1.82, 2.24) is 29.7 Å². The summed E-state index contributed by atoms with van der Waals surface area (Å²) in [5.74, 6) is 0.292. The number of phenols is 1. The van der Waals surface area contributed by atoms with E-state index >= 15 is 0 Å². The maximum Gasteiger partial charge on any atom is 0.205 e. The van der Waals surface area contributed by atoms with Crippen LogP contribution in [0.3, 0.4) is 0 Å². The molecule has 2 aromatic carbocycles. The summed E-state index contributed by atoms with van der Waals surface area (Å²) in [7, 11) is 0. The average Bonchev–Trinajstić information content (AvgIpc) is 3.27. The number of hydrogen-bond acceptors (Lipinski definition) is 10. The van der Waals surface area contributed by atoms with E-state index in [0.29, 0.717) is 76.9 Å². The van der Waals surface area contributed by atoms with Crippen molar-refractivity contribution in [3.05, 3.63) is 194 Å². The van der Waals surface area contributed by atoms with Crippen molar-refractivity contribution in [2.45, 2.75) is 59.5 Å². The van der Waals surface area contributed by atoms with Crippen molar-refractivity contribution in [2.24, 2.45) is 5.92 Å². The van der Waals surface area contributed by atoms with E-state index in [0.717, 1.165) is 22.8 Å². The van der Waals surface area contributed by atoms with Gasteiger partial charge in [-0.1, -0.05) is 79.5 Å². The second-order valence-corrected chi connectivity index (χ2v) is 16.6. The van der Waals surface area contributed by atoms with Gasteiger partial charge in [0.05, 0.1) is 43.9 Å². The van der Waals surface area contributed by atoms with E-state index < -0.39 is 5.43 Å². The zero-order valence-electron chi connectivity index (χ0n) is 34.3. The summed E-state index contributed by atoms with van der Waals surface area (Å²) in [5, 5.41) is 12.6. The Labute approximate surface area is 369 Å². The Hall–Kier alpha value is -6.30. The molecular weight excluding hydrogens is 819 g/mol. The molecule has 6 aromatic rings. The van der Waals surface area contributed by atoms with E-state index in [1.54, 1.807) is 36.9 Å². The molecule has 5 heterocycles. The first-order valence-electron chi connectivity index (χ1n) is 20.4. The summed E-state index contributed by atoms with van der Waals surface area (Å²) in [5.41, 5.74) is 6.31. The number of hydrogen-bond donors (Lipinski definition) is 1. The fourth-order valence-electron chi connectivity index (χ4n) is 7.80. The van der Waals surface area contributed by atoms with Gasteiger partial charge in [0, 0.05) is 92.6 Å². The minimum atomic E-state index is -0.396. The van der Waals surface area contributed by atoms with Gasteiger partial charge in [-0.05, 0) is 78.2 Å². The molecule has 0 bridgehead atoms.